The van der Waals surface area contributed by atoms with Crippen molar-refractivity contribution < 1.29 is 28.6 Å². The van der Waals surface area contributed by atoms with E-state index in [2.05, 4.69) is 34.6 Å². The number of carbonyl (C=O) groups is 3. The fourth-order valence-corrected chi connectivity index (χ4v) is 6.40. The highest BCUT2D eigenvalue weighted by molar-refractivity contribution is 5.71. The molecule has 0 radical (unpaired) electrons. The maximum atomic E-state index is 12.6. The van der Waals surface area contributed by atoms with Gasteiger partial charge in [0.05, 0.1) is 0 Å². The van der Waals surface area contributed by atoms with Crippen LogP contribution in [-0.2, 0) is 28.6 Å². The summed E-state index contributed by atoms with van der Waals surface area (Å²) in [5.74, 6) is 0.752. The molecule has 0 aliphatic carbocycles. The van der Waals surface area contributed by atoms with Gasteiger partial charge in [-0.25, -0.2) is 0 Å². The van der Waals surface area contributed by atoms with Gasteiger partial charge in [0.15, 0.2) is 6.10 Å². The molecule has 6 heteroatoms. The minimum absolute atomic E-state index is 0.0659. The zero-order valence-electron chi connectivity index (χ0n) is 34.0. The summed E-state index contributed by atoms with van der Waals surface area (Å²) in [7, 11) is 0. The van der Waals surface area contributed by atoms with Crippen molar-refractivity contribution in [3.8, 4) is 0 Å². The molecule has 6 nitrogen and oxygen atoms in total. The van der Waals surface area contributed by atoms with Gasteiger partial charge in [0.2, 0.25) is 0 Å². The first-order valence-corrected chi connectivity index (χ1v) is 21.7. The second-order valence-corrected chi connectivity index (χ2v) is 15.9. The smallest absolute Gasteiger partial charge is 0.306 e. The molecule has 0 saturated carbocycles. The lowest BCUT2D eigenvalue weighted by Crippen LogP contribution is -2.30. The molecular weight excluding hydrogens is 624 g/mol. The summed E-state index contributed by atoms with van der Waals surface area (Å²) >= 11 is 0. The molecule has 0 aromatic heterocycles. The van der Waals surface area contributed by atoms with Crippen LogP contribution in [0.5, 0.6) is 0 Å². The van der Waals surface area contributed by atoms with E-state index in [1.54, 1.807) is 0 Å². The summed E-state index contributed by atoms with van der Waals surface area (Å²) in [6.07, 6.45) is 33.9. The van der Waals surface area contributed by atoms with Crippen molar-refractivity contribution in [2.24, 2.45) is 11.8 Å². The van der Waals surface area contributed by atoms with Crippen molar-refractivity contribution in [2.75, 3.05) is 13.2 Å². The average Bonchev–Trinajstić information content (AvgIpc) is 3.08. The summed E-state index contributed by atoms with van der Waals surface area (Å²) in [6.45, 7) is 11.3. The fourth-order valence-electron chi connectivity index (χ4n) is 6.40. The topological polar surface area (TPSA) is 78.9 Å². The van der Waals surface area contributed by atoms with Crippen LogP contribution in [0.25, 0.3) is 0 Å². The Labute approximate surface area is 310 Å². The quantitative estimate of drug-likeness (QED) is 0.0361. The molecule has 1 atom stereocenters. The first-order valence-electron chi connectivity index (χ1n) is 21.7. The highest BCUT2D eigenvalue weighted by Crippen LogP contribution is 2.16. The van der Waals surface area contributed by atoms with Crippen molar-refractivity contribution >= 4 is 17.9 Å². The minimum Gasteiger partial charge on any atom is -0.462 e. The summed E-state index contributed by atoms with van der Waals surface area (Å²) in [5.41, 5.74) is 0. The molecule has 0 amide bonds. The highest BCUT2D eigenvalue weighted by Gasteiger charge is 2.19. The molecule has 0 aromatic carbocycles. The van der Waals surface area contributed by atoms with Crippen LogP contribution in [0.1, 0.15) is 234 Å². The van der Waals surface area contributed by atoms with E-state index in [-0.39, 0.29) is 31.1 Å². The molecule has 0 aromatic rings. The number of esters is 3. The second-order valence-electron chi connectivity index (χ2n) is 15.9. The number of hydrogen-bond acceptors (Lipinski definition) is 6. The second kappa shape index (κ2) is 37.2. The standard InChI is InChI=1S/C44H84O6/c1-6-7-8-9-17-24-29-34-42(45)48-37-41(50-44(47)36-31-26-21-16-15-19-23-28-33-40(4)5)38-49-43(46)35-30-25-20-14-12-10-11-13-18-22-27-32-39(2)3/h39-41H,6-38H2,1-5H3/t41-/m1/s1. The van der Waals surface area contributed by atoms with Crippen molar-refractivity contribution in [1.29, 1.82) is 0 Å². The lowest BCUT2D eigenvalue weighted by atomic mass is 10.0. The molecule has 0 N–H and O–H groups in total. The third-order valence-corrected chi connectivity index (χ3v) is 9.72. The van der Waals surface area contributed by atoms with Gasteiger partial charge in [0.25, 0.3) is 0 Å². The molecule has 0 aliphatic heterocycles. The molecule has 50 heavy (non-hydrogen) atoms. The van der Waals surface area contributed by atoms with Crippen molar-refractivity contribution in [3.05, 3.63) is 0 Å². The van der Waals surface area contributed by atoms with Crippen molar-refractivity contribution in [3.63, 3.8) is 0 Å². The normalized spacial score (nSPS) is 12.1. The van der Waals surface area contributed by atoms with E-state index >= 15 is 0 Å². The Hall–Kier alpha value is -1.59. The molecular formula is C44H84O6. The first kappa shape index (κ1) is 48.4. The number of rotatable bonds is 38. The summed E-state index contributed by atoms with van der Waals surface area (Å²) in [4.78, 5) is 37.5. The maximum absolute atomic E-state index is 12.6. The van der Waals surface area contributed by atoms with Gasteiger partial charge in [0, 0.05) is 19.3 Å². The van der Waals surface area contributed by atoms with E-state index in [1.807, 2.05) is 0 Å². The lowest BCUT2D eigenvalue weighted by Gasteiger charge is -2.18. The van der Waals surface area contributed by atoms with E-state index in [4.69, 9.17) is 14.2 Å². The third-order valence-electron chi connectivity index (χ3n) is 9.72. The molecule has 0 bridgehead atoms. The zero-order chi connectivity index (χ0) is 36.9. The first-order chi connectivity index (χ1) is 24.2. The number of carbonyl (C=O) groups excluding carboxylic acids is 3. The van der Waals surface area contributed by atoms with Crippen LogP contribution in [0.15, 0.2) is 0 Å². The predicted molar refractivity (Wildman–Crippen MR) is 210 cm³/mol. The molecule has 0 unspecified atom stereocenters. The van der Waals surface area contributed by atoms with E-state index in [1.165, 1.54) is 122 Å². The summed E-state index contributed by atoms with van der Waals surface area (Å²) in [5, 5.41) is 0. The van der Waals surface area contributed by atoms with Gasteiger partial charge in [-0.2, -0.15) is 0 Å². The van der Waals surface area contributed by atoms with Gasteiger partial charge in [0.1, 0.15) is 13.2 Å². The fraction of sp³-hybridized carbons (Fsp3) is 0.932. The lowest BCUT2D eigenvalue weighted by molar-refractivity contribution is -0.167. The minimum atomic E-state index is -0.759. The van der Waals surface area contributed by atoms with Gasteiger partial charge >= 0.3 is 17.9 Å². The SMILES string of the molecule is CCCCCCCCCC(=O)OC[C@H](COC(=O)CCCCCCCCCCCCCC(C)C)OC(=O)CCCCCCCCCCC(C)C. The van der Waals surface area contributed by atoms with E-state index < -0.39 is 6.10 Å². The summed E-state index contributed by atoms with van der Waals surface area (Å²) in [6, 6.07) is 0. The van der Waals surface area contributed by atoms with Crippen molar-refractivity contribution in [1.82, 2.24) is 0 Å². The Morgan fingerprint density at radius 1 is 0.380 bits per heavy atom. The van der Waals surface area contributed by atoms with E-state index in [0.717, 1.165) is 69.6 Å². The highest BCUT2D eigenvalue weighted by atomic mass is 16.6. The largest absolute Gasteiger partial charge is 0.462 e. The molecule has 0 aliphatic rings. The van der Waals surface area contributed by atoms with Crippen LogP contribution < -0.4 is 0 Å². The molecule has 0 heterocycles. The Morgan fingerprint density at radius 3 is 0.980 bits per heavy atom. The van der Waals surface area contributed by atoms with Crippen molar-refractivity contribution in [2.45, 2.75) is 240 Å². The zero-order valence-corrected chi connectivity index (χ0v) is 34.0. The van der Waals surface area contributed by atoms with Crippen LogP contribution in [0.3, 0.4) is 0 Å². The van der Waals surface area contributed by atoms with Gasteiger partial charge in [-0.3, -0.25) is 14.4 Å². The molecule has 0 saturated heterocycles. The van der Waals surface area contributed by atoms with E-state index in [0.29, 0.717) is 19.3 Å². The number of unbranched alkanes of at least 4 members (excludes halogenated alkanes) is 23. The average molecular weight is 709 g/mol. The maximum Gasteiger partial charge on any atom is 0.306 e. The number of ether oxygens (including phenoxy) is 3. The predicted octanol–water partition coefficient (Wildman–Crippen LogP) is 13.4. The van der Waals surface area contributed by atoms with Crippen LogP contribution in [0, 0.1) is 11.8 Å². The van der Waals surface area contributed by atoms with Crippen LogP contribution in [0.2, 0.25) is 0 Å². The monoisotopic (exact) mass is 709 g/mol. The number of hydrogen-bond donors (Lipinski definition) is 0. The van der Waals surface area contributed by atoms with Crippen LogP contribution in [0.4, 0.5) is 0 Å². The van der Waals surface area contributed by atoms with Gasteiger partial charge in [-0.1, -0.05) is 195 Å². The van der Waals surface area contributed by atoms with Gasteiger partial charge in [-0.15, -0.1) is 0 Å². The van der Waals surface area contributed by atoms with E-state index in [9.17, 15) is 14.4 Å². The molecule has 296 valence electrons. The Kier molecular flexibility index (Phi) is 36.0. The molecule has 0 fully saturated rings. The Bertz CT molecular complexity index is 764. The summed E-state index contributed by atoms with van der Waals surface area (Å²) < 4.78 is 16.6. The van der Waals surface area contributed by atoms with Gasteiger partial charge < -0.3 is 14.2 Å². The molecule has 0 rings (SSSR count). The van der Waals surface area contributed by atoms with Crippen LogP contribution >= 0.6 is 0 Å². The third kappa shape index (κ3) is 37.7. The van der Waals surface area contributed by atoms with Crippen LogP contribution in [-0.4, -0.2) is 37.2 Å². The Morgan fingerprint density at radius 2 is 0.660 bits per heavy atom. The molecule has 0 spiro atoms. The van der Waals surface area contributed by atoms with Gasteiger partial charge in [-0.05, 0) is 31.1 Å². The Balaban J connectivity index is 4.28.